The first kappa shape index (κ1) is 15.6. The van der Waals surface area contributed by atoms with E-state index in [2.05, 4.69) is 20.9 Å². The van der Waals surface area contributed by atoms with E-state index >= 15 is 0 Å². The molecule has 0 atom stereocenters. The number of hydrogen-bond acceptors (Lipinski definition) is 4. The fourth-order valence-corrected chi connectivity index (χ4v) is 2.80. The second-order valence-electron chi connectivity index (χ2n) is 4.87. The Labute approximate surface area is 144 Å². The van der Waals surface area contributed by atoms with Gasteiger partial charge in [0, 0.05) is 22.5 Å². The monoisotopic (exact) mass is 393 g/mol. The van der Waals surface area contributed by atoms with E-state index in [0.29, 0.717) is 21.7 Å². The van der Waals surface area contributed by atoms with E-state index in [4.69, 9.17) is 11.6 Å². The molecule has 0 spiro atoms. The molecule has 6 nitrogen and oxygen atoms in total. The Kier molecular flexibility index (Phi) is 3.91. The molecule has 0 N–H and O–H groups in total. The van der Waals surface area contributed by atoms with Gasteiger partial charge in [0.05, 0.1) is 4.92 Å². The Morgan fingerprint density at radius 2 is 2.00 bits per heavy atom. The lowest BCUT2D eigenvalue weighted by Gasteiger charge is -2.05. The Bertz CT molecular complexity index is 951. The van der Waals surface area contributed by atoms with E-state index < -0.39 is 10.7 Å². The van der Waals surface area contributed by atoms with Crippen molar-refractivity contribution in [3.05, 3.63) is 67.4 Å². The number of rotatable bonds is 3. The summed E-state index contributed by atoms with van der Waals surface area (Å²) >= 11 is 9.35. The topological polar surface area (TPSA) is 78.0 Å². The second kappa shape index (κ2) is 5.75. The van der Waals surface area contributed by atoms with Crippen LogP contribution >= 0.6 is 27.5 Å². The molecule has 0 aliphatic carbocycles. The first-order valence-corrected chi connectivity index (χ1v) is 7.66. The van der Waals surface area contributed by atoms with Gasteiger partial charge in [-0.05, 0) is 30.3 Å². The Morgan fingerprint density at radius 1 is 1.35 bits per heavy atom. The van der Waals surface area contributed by atoms with Crippen LogP contribution in [0.1, 0.15) is 15.9 Å². The molecule has 3 aromatic rings. The molecule has 116 valence electrons. The smallest absolute Gasteiger partial charge is 0.299 e. The van der Waals surface area contributed by atoms with Crippen molar-refractivity contribution in [2.45, 2.75) is 0 Å². The highest BCUT2D eigenvalue weighted by Crippen LogP contribution is 2.32. The van der Waals surface area contributed by atoms with Crippen molar-refractivity contribution in [2.75, 3.05) is 0 Å². The molecule has 0 fully saturated rings. The molecule has 0 radical (unpaired) electrons. The SMILES string of the molecule is Cn1c(Cl)cc2c(C(=O)c3ccc(Br)cc3)c([N+](=O)[O-])cnc21. The van der Waals surface area contributed by atoms with Crippen molar-refractivity contribution < 1.29 is 9.72 Å². The maximum Gasteiger partial charge on any atom is 0.299 e. The lowest BCUT2D eigenvalue weighted by molar-refractivity contribution is -0.385. The van der Waals surface area contributed by atoms with Gasteiger partial charge in [-0.25, -0.2) is 4.98 Å². The predicted molar refractivity (Wildman–Crippen MR) is 90.0 cm³/mol. The fraction of sp³-hybridized carbons (Fsp3) is 0.0667. The largest absolute Gasteiger partial charge is 0.319 e. The summed E-state index contributed by atoms with van der Waals surface area (Å²) in [6.45, 7) is 0. The van der Waals surface area contributed by atoms with Crippen LogP contribution in [-0.4, -0.2) is 20.3 Å². The molecule has 23 heavy (non-hydrogen) atoms. The van der Waals surface area contributed by atoms with Gasteiger partial charge in [0.25, 0.3) is 5.69 Å². The number of carbonyl (C=O) groups excluding carboxylic acids is 1. The molecular formula is C15H9BrClN3O3. The van der Waals surface area contributed by atoms with Crippen LogP contribution in [0.15, 0.2) is 41.0 Å². The first-order valence-electron chi connectivity index (χ1n) is 6.48. The lowest BCUT2D eigenvalue weighted by atomic mass is 10.0. The average molecular weight is 395 g/mol. The molecule has 0 amide bonds. The van der Waals surface area contributed by atoms with Crippen molar-refractivity contribution in [3.63, 3.8) is 0 Å². The van der Waals surface area contributed by atoms with Gasteiger partial charge in [-0.1, -0.05) is 27.5 Å². The van der Waals surface area contributed by atoms with Gasteiger partial charge in [-0.3, -0.25) is 14.9 Å². The van der Waals surface area contributed by atoms with Crippen LogP contribution in [0, 0.1) is 10.1 Å². The highest BCUT2D eigenvalue weighted by Gasteiger charge is 2.27. The third kappa shape index (κ3) is 2.62. The number of ketones is 1. The van der Waals surface area contributed by atoms with Gasteiger partial charge in [0.1, 0.15) is 22.6 Å². The number of halogens is 2. The zero-order chi connectivity index (χ0) is 16.7. The molecule has 3 rings (SSSR count). The van der Waals surface area contributed by atoms with Crippen LogP contribution in [0.3, 0.4) is 0 Å². The van der Waals surface area contributed by atoms with Gasteiger partial charge >= 0.3 is 0 Å². The van der Waals surface area contributed by atoms with Crippen molar-refractivity contribution in [1.29, 1.82) is 0 Å². The number of aryl methyl sites for hydroxylation is 1. The van der Waals surface area contributed by atoms with E-state index in [1.165, 1.54) is 6.07 Å². The van der Waals surface area contributed by atoms with Crippen LogP contribution in [0.2, 0.25) is 5.15 Å². The molecule has 0 unspecified atom stereocenters. The zero-order valence-corrected chi connectivity index (χ0v) is 14.1. The summed E-state index contributed by atoms with van der Waals surface area (Å²) in [5.41, 5.74) is 0.419. The van der Waals surface area contributed by atoms with E-state index in [-0.39, 0.29) is 11.3 Å². The van der Waals surface area contributed by atoms with Crippen LogP contribution in [-0.2, 0) is 7.05 Å². The molecule has 8 heteroatoms. The third-order valence-corrected chi connectivity index (χ3v) is 4.40. The van der Waals surface area contributed by atoms with E-state index in [9.17, 15) is 14.9 Å². The third-order valence-electron chi connectivity index (χ3n) is 3.51. The summed E-state index contributed by atoms with van der Waals surface area (Å²) in [6, 6.07) is 8.13. The van der Waals surface area contributed by atoms with Gasteiger partial charge in [0.15, 0.2) is 0 Å². The molecule has 2 heterocycles. The normalized spacial score (nSPS) is 10.9. The van der Waals surface area contributed by atoms with Crippen molar-refractivity contribution in [2.24, 2.45) is 7.05 Å². The van der Waals surface area contributed by atoms with Crippen LogP contribution in [0.25, 0.3) is 11.0 Å². The summed E-state index contributed by atoms with van der Waals surface area (Å²) in [7, 11) is 1.68. The number of carbonyl (C=O) groups is 1. The highest BCUT2D eigenvalue weighted by molar-refractivity contribution is 9.10. The zero-order valence-electron chi connectivity index (χ0n) is 11.8. The van der Waals surface area contributed by atoms with Gasteiger partial charge in [-0.15, -0.1) is 0 Å². The molecule has 1 aromatic carbocycles. The van der Waals surface area contributed by atoms with Crippen molar-refractivity contribution in [1.82, 2.24) is 9.55 Å². The fourth-order valence-electron chi connectivity index (χ4n) is 2.35. The summed E-state index contributed by atoms with van der Waals surface area (Å²) in [4.78, 5) is 27.6. The minimum atomic E-state index is -0.612. The van der Waals surface area contributed by atoms with Crippen molar-refractivity contribution >= 4 is 50.0 Å². The van der Waals surface area contributed by atoms with E-state index in [1.54, 1.807) is 35.9 Å². The predicted octanol–water partition coefficient (Wildman–Crippen LogP) is 4.13. The molecule has 0 aliphatic rings. The number of aromatic nitrogens is 2. The molecule has 0 saturated heterocycles. The van der Waals surface area contributed by atoms with Gasteiger partial charge in [-0.2, -0.15) is 0 Å². The maximum absolute atomic E-state index is 12.8. The first-order chi connectivity index (χ1) is 10.9. The minimum absolute atomic E-state index is 0.00942. The lowest BCUT2D eigenvalue weighted by Crippen LogP contribution is -2.07. The summed E-state index contributed by atoms with van der Waals surface area (Å²) < 4.78 is 2.38. The van der Waals surface area contributed by atoms with Gasteiger partial charge < -0.3 is 4.57 Å². The molecule has 2 aromatic heterocycles. The summed E-state index contributed by atoms with van der Waals surface area (Å²) in [5, 5.41) is 12.0. The average Bonchev–Trinajstić information content (AvgIpc) is 2.81. The standard InChI is InChI=1S/C15H9BrClN3O3/c1-19-12(17)6-10-13(11(20(22)23)7-18-15(10)19)14(21)8-2-4-9(16)5-3-8/h2-7H,1H3. The maximum atomic E-state index is 12.8. The van der Waals surface area contributed by atoms with Gasteiger partial charge in [0.2, 0.25) is 5.78 Å². The van der Waals surface area contributed by atoms with E-state index in [1.807, 2.05) is 0 Å². The van der Waals surface area contributed by atoms with Crippen LogP contribution in [0.4, 0.5) is 5.69 Å². The Hall–Kier alpha value is -2.25. The minimum Gasteiger partial charge on any atom is -0.319 e. The second-order valence-corrected chi connectivity index (χ2v) is 6.18. The number of fused-ring (bicyclic) bond motifs is 1. The number of benzene rings is 1. The number of hydrogen-bond donors (Lipinski definition) is 0. The number of nitro groups is 1. The molecular weight excluding hydrogens is 386 g/mol. The Morgan fingerprint density at radius 3 is 2.61 bits per heavy atom. The quantitative estimate of drug-likeness (QED) is 0.380. The molecule has 0 saturated carbocycles. The number of nitrogens with zero attached hydrogens (tertiary/aromatic N) is 3. The summed E-state index contributed by atoms with van der Waals surface area (Å²) in [5.74, 6) is -0.445. The Balaban J connectivity index is 2.31. The molecule has 0 bridgehead atoms. The molecule has 0 aliphatic heterocycles. The van der Waals surface area contributed by atoms with Crippen LogP contribution < -0.4 is 0 Å². The summed E-state index contributed by atoms with van der Waals surface area (Å²) in [6.07, 6.45) is 1.09. The highest BCUT2D eigenvalue weighted by atomic mass is 79.9. The van der Waals surface area contributed by atoms with E-state index in [0.717, 1.165) is 10.7 Å². The van der Waals surface area contributed by atoms with Crippen molar-refractivity contribution in [3.8, 4) is 0 Å². The van der Waals surface area contributed by atoms with Crippen LogP contribution in [0.5, 0.6) is 0 Å². The number of pyridine rings is 1.